The highest BCUT2D eigenvalue weighted by atomic mass is 16.5. The summed E-state index contributed by atoms with van der Waals surface area (Å²) in [5.41, 5.74) is 9.02. The van der Waals surface area contributed by atoms with E-state index in [9.17, 15) is 14.7 Å². The van der Waals surface area contributed by atoms with Crippen molar-refractivity contribution in [3.63, 3.8) is 0 Å². The maximum absolute atomic E-state index is 12.3. The van der Waals surface area contributed by atoms with E-state index in [1.165, 1.54) is 33.4 Å². The number of hydrogen-bond donors (Lipinski definition) is 2. The van der Waals surface area contributed by atoms with Crippen molar-refractivity contribution in [2.45, 2.75) is 38.3 Å². The maximum Gasteiger partial charge on any atom is 0.408 e. The molecule has 5 rings (SSSR count). The van der Waals surface area contributed by atoms with Crippen LogP contribution in [0.25, 0.3) is 5.57 Å². The minimum absolute atomic E-state index is 0.0998. The van der Waals surface area contributed by atoms with Crippen LogP contribution in [0.3, 0.4) is 0 Å². The molecule has 0 spiro atoms. The Morgan fingerprint density at radius 2 is 1.38 bits per heavy atom. The number of likely N-dealkylation sites (tertiary alicyclic amines) is 1. The molecule has 1 fully saturated rings. The van der Waals surface area contributed by atoms with Gasteiger partial charge in [0.1, 0.15) is 12.6 Å². The molecule has 6 heteroatoms. The number of alkyl carbamates (subject to hydrolysis) is 1. The first-order valence-electron chi connectivity index (χ1n) is 12.9. The fourth-order valence-electron chi connectivity index (χ4n) is 5.37. The Morgan fingerprint density at radius 1 is 0.811 bits per heavy atom. The Labute approximate surface area is 217 Å². The van der Waals surface area contributed by atoms with Crippen LogP contribution in [-0.2, 0) is 29.0 Å². The van der Waals surface area contributed by atoms with Gasteiger partial charge in [0.2, 0.25) is 0 Å². The quantitative estimate of drug-likeness (QED) is 0.499. The van der Waals surface area contributed by atoms with Crippen molar-refractivity contribution in [2.24, 2.45) is 0 Å². The summed E-state index contributed by atoms with van der Waals surface area (Å²) in [6, 6.07) is 25.7. The number of amides is 1. The average Bonchev–Trinajstić information content (AvgIpc) is 3.09. The molecule has 1 aliphatic heterocycles. The molecule has 2 N–H and O–H groups in total. The molecule has 190 valence electrons. The number of nitrogens with one attached hydrogen (secondary N) is 1. The highest BCUT2D eigenvalue weighted by Crippen LogP contribution is 2.38. The lowest BCUT2D eigenvalue weighted by Crippen LogP contribution is -2.49. The third kappa shape index (κ3) is 5.92. The zero-order valence-corrected chi connectivity index (χ0v) is 20.9. The van der Waals surface area contributed by atoms with Crippen molar-refractivity contribution in [1.29, 1.82) is 0 Å². The second kappa shape index (κ2) is 11.4. The van der Waals surface area contributed by atoms with Gasteiger partial charge in [-0.05, 0) is 59.1 Å². The molecular formula is C31H32N2O4. The van der Waals surface area contributed by atoms with Crippen molar-refractivity contribution in [1.82, 2.24) is 10.2 Å². The van der Waals surface area contributed by atoms with Gasteiger partial charge in [0, 0.05) is 19.6 Å². The lowest BCUT2D eigenvalue weighted by molar-refractivity contribution is -0.139. The van der Waals surface area contributed by atoms with Gasteiger partial charge in [0.15, 0.2) is 0 Å². The van der Waals surface area contributed by atoms with E-state index in [2.05, 4.69) is 58.7 Å². The molecule has 0 bridgehead atoms. The van der Waals surface area contributed by atoms with E-state index < -0.39 is 18.1 Å². The van der Waals surface area contributed by atoms with Crippen LogP contribution in [-0.4, -0.2) is 47.7 Å². The van der Waals surface area contributed by atoms with E-state index in [-0.39, 0.29) is 13.2 Å². The molecule has 37 heavy (non-hydrogen) atoms. The van der Waals surface area contributed by atoms with E-state index in [1.807, 2.05) is 30.3 Å². The Hall–Kier alpha value is -3.90. The zero-order valence-electron chi connectivity index (χ0n) is 20.9. The summed E-state index contributed by atoms with van der Waals surface area (Å²) in [6.07, 6.45) is 3.07. The van der Waals surface area contributed by atoms with Gasteiger partial charge in [-0.1, -0.05) is 84.4 Å². The molecule has 0 unspecified atom stereocenters. The second-order valence-electron chi connectivity index (χ2n) is 9.69. The number of ether oxygens (including phenoxy) is 1. The van der Waals surface area contributed by atoms with Crippen LogP contribution in [0.4, 0.5) is 4.79 Å². The van der Waals surface area contributed by atoms with Crippen LogP contribution < -0.4 is 5.32 Å². The number of carboxylic acid groups (broad SMARTS) is 1. The number of benzene rings is 3. The molecule has 0 aromatic heterocycles. The number of aliphatic carboxylic acids is 1. The molecule has 2 aliphatic rings. The summed E-state index contributed by atoms with van der Waals surface area (Å²) < 4.78 is 5.23. The maximum atomic E-state index is 12.3. The number of carbonyl (C=O) groups excluding carboxylic acids is 1. The van der Waals surface area contributed by atoms with Gasteiger partial charge in [-0.3, -0.25) is 0 Å². The van der Waals surface area contributed by atoms with Gasteiger partial charge in [-0.15, -0.1) is 0 Å². The number of nitrogens with zero attached hydrogens (tertiary/aromatic N) is 1. The van der Waals surface area contributed by atoms with Gasteiger partial charge in [0.05, 0.1) is 0 Å². The van der Waals surface area contributed by atoms with Crippen LogP contribution in [0.5, 0.6) is 0 Å². The van der Waals surface area contributed by atoms with Crippen LogP contribution in [0.15, 0.2) is 84.4 Å². The van der Waals surface area contributed by atoms with E-state index in [0.29, 0.717) is 0 Å². The van der Waals surface area contributed by atoms with Crippen molar-refractivity contribution in [3.8, 4) is 0 Å². The lowest BCUT2D eigenvalue weighted by Gasteiger charge is -2.32. The monoisotopic (exact) mass is 496 g/mol. The summed E-state index contributed by atoms with van der Waals surface area (Å²) in [6.45, 7) is 1.83. The van der Waals surface area contributed by atoms with Crippen LogP contribution in [0.1, 0.15) is 40.7 Å². The number of fused-ring (bicyclic) bond motifs is 2. The Kier molecular flexibility index (Phi) is 7.66. The van der Waals surface area contributed by atoms with Crippen LogP contribution >= 0.6 is 0 Å². The minimum Gasteiger partial charge on any atom is -0.480 e. The summed E-state index contributed by atoms with van der Waals surface area (Å²) in [5, 5.41) is 12.3. The SMILES string of the molecule is O=C(N[C@H](CN1CCC(=C2c3ccccc3CCc3ccccc32)CC1)C(=O)O)OCc1ccccc1. The average molecular weight is 497 g/mol. The minimum atomic E-state index is -1.06. The molecule has 1 atom stereocenters. The Bertz CT molecular complexity index is 1240. The Morgan fingerprint density at radius 3 is 1.97 bits per heavy atom. The van der Waals surface area contributed by atoms with Crippen molar-refractivity contribution >= 4 is 17.6 Å². The van der Waals surface area contributed by atoms with Gasteiger partial charge < -0.3 is 20.1 Å². The largest absolute Gasteiger partial charge is 0.480 e. The van der Waals surface area contributed by atoms with Crippen molar-refractivity contribution in [2.75, 3.05) is 19.6 Å². The number of carboxylic acids is 1. The first kappa shape index (κ1) is 24.8. The van der Waals surface area contributed by atoms with E-state index in [4.69, 9.17) is 4.74 Å². The molecule has 1 aliphatic carbocycles. The predicted molar refractivity (Wildman–Crippen MR) is 143 cm³/mol. The number of hydrogen-bond acceptors (Lipinski definition) is 4. The topological polar surface area (TPSA) is 78.9 Å². The summed E-state index contributed by atoms with van der Waals surface area (Å²) >= 11 is 0. The summed E-state index contributed by atoms with van der Waals surface area (Å²) in [5.74, 6) is -1.06. The Balaban J connectivity index is 1.26. The van der Waals surface area contributed by atoms with Crippen LogP contribution in [0, 0.1) is 0 Å². The van der Waals surface area contributed by atoms with Gasteiger partial charge in [-0.2, -0.15) is 0 Å². The van der Waals surface area contributed by atoms with Gasteiger partial charge >= 0.3 is 12.1 Å². The third-order valence-electron chi connectivity index (χ3n) is 7.29. The number of piperidine rings is 1. The normalized spacial score (nSPS) is 16.2. The lowest BCUT2D eigenvalue weighted by atomic mass is 9.86. The predicted octanol–water partition coefficient (Wildman–Crippen LogP) is 5.06. The second-order valence-corrected chi connectivity index (χ2v) is 9.69. The number of aryl methyl sites for hydroxylation is 2. The third-order valence-corrected chi connectivity index (χ3v) is 7.29. The smallest absolute Gasteiger partial charge is 0.408 e. The van der Waals surface area contributed by atoms with E-state index >= 15 is 0 Å². The molecular weight excluding hydrogens is 464 g/mol. The van der Waals surface area contributed by atoms with Crippen molar-refractivity contribution in [3.05, 3.63) is 112 Å². The molecule has 1 saturated heterocycles. The molecule has 3 aromatic rings. The fourth-order valence-corrected chi connectivity index (χ4v) is 5.37. The number of rotatable bonds is 6. The summed E-state index contributed by atoms with van der Waals surface area (Å²) in [7, 11) is 0. The van der Waals surface area contributed by atoms with Crippen molar-refractivity contribution < 1.29 is 19.4 Å². The van der Waals surface area contributed by atoms with Gasteiger partial charge in [0.25, 0.3) is 0 Å². The van der Waals surface area contributed by atoms with E-state index in [0.717, 1.165) is 44.3 Å². The van der Waals surface area contributed by atoms with E-state index in [1.54, 1.807) is 0 Å². The highest BCUT2D eigenvalue weighted by molar-refractivity contribution is 5.86. The molecule has 3 aromatic carbocycles. The standard InChI is InChI=1S/C31H32N2O4/c34-30(35)28(32-31(36)37-21-22-8-2-1-3-9-22)20-33-18-16-25(17-19-33)29-26-12-6-4-10-23(26)14-15-24-11-5-7-13-27(24)29/h1-13,28H,14-21H2,(H,32,36)(H,34,35)/t28-/m1/s1. The first-order valence-corrected chi connectivity index (χ1v) is 12.9. The fraction of sp³-hybridized carbons (Fsp3) is 0.290. The van der Waals surface area contributed by atoms with Crippen LogP contribution in [0.2, 0.25) is 0 Å². The summed E-state index contributed by atoms with van der Waals surface area (Å²) in [4.78, 5) is 26.3. The molecule has 1 heterocycles. The first-order chi connectivity index (χ1) is 18.1. The van der Waals surface area contributed by atoms with Gasteiger partial charge in [-0.25, -0.2) is 9.59 Å². The highest BCUT2D eigenvalue weighted by Gasteiger charge is 2.28. The zero-order chi connectivity index (χ0) is 25.6. The molecule has 0 radical (unpaired) electrons. The molecule has 0 saturated carbocycles. The molecule has 6 nitrogen and oxygen atoms in total. The molecule has 1 amide bonds. The number of carbonyl (C=O) groups is 2.